The lowest BCUT2D eigenvalue weighted by atomic mass is 10.1. The Bertz CT molecular complexity index is 482. The molecule has 0 atom stereocenters. The number of carbonyl (C=O) groups excluding carboxylic acids is 1. The molecule has 0 aliphatic carbocycles. The van der Waals surface area contributed by atoms with E-state index in [9.17, 15) is 4.79 Å². The van der Waals surface area contributed by atoms with Gasteiger partial charge in [0.05, 0.1) is 6.54 Å². The monoisotopic (exact) mass is 308 g/mol. The molecular formula is C15H24N4OS. The van der Waals surface area contributed by atoms with E-state index in [1.165, 1.54) is 0 Å². The molecule has 116 valence electrons. The number of benzene rings is 1. The average Bonchev–Trinajstić information content (AvgIpc) is 2.40. The van der Waals surface area contributed by atoms with Gasteiger partial charge in [0, 0.05) is 18.8 Å². The lowest BCUT2D eigenvalue weighted by Gasteiger charge is -2.14. The first-order valence-corrected chi connectivity index (χ1v) is 7.33. The molecule has 5 nitrogen and oxygen atoms in total. The van der Waals surface area contributed by atoms with Gasteiger partial charge < -0.3 is 20.9 Å². The Morgan fingerprint density at radius 1 is 1.19 bits per heavy atom. The molecule has 0 aliphatic heterocycles. The van der Waals surface area contributed by atoms with Crippen molar-refractivity contribution >= 4 is 28.9 Å². The zero-order valence-electron chi connectivity index (χ0n) is 13.1. The van der Waals surface area contributed by atoms with Crippen LogP contribution in [0.25, 0.3) is 0 Å². The Balaban J connectivity index is 2.36. The van der Waals surface area contributed by atoms with Gasteiger partial charge in [-0.25, -0.2) is 0 Å². The highest BCUT2D eigenvalue weighted by atomic mass is 32.1. The maximum absolute atomic E-state index is 11.9. The fraction of sp³-hybridized carbons (Fsp3) is 0.467. The smallest absolute Gasteiger partial charge is 0.243 e. The molecule has 3 N–H and O–H groups in total. The molecule has 0 aliphatic rings. The number of nitrogens with one attached hydrogen (secondary N) is 3. The van der Waals surface area contributed by atoms with Crippen molar-refractivity contribution in [3.05, 3.63) is 29.3 Å². The van der Waals surface area contributed by atoms with Crippen molar-refractivity contribution in [2.24, 2.45) is 0 Å². The first kappa shape index (κ1) is 17.4. The van der Waals surface area contributed by atoms with E-state index in [1.54, 1.807) is 0 Å². The van der Waals surface area contributed by atoms with Crippen LogP contribution >= 0.6 is 12.2 Å². The number of hydrogen-bond acceptors (Lipinski definition) is 3. The summed E-state index contributed by atoms with van der Waals surface area (Å²) < 4.78 is 0. The second-order valence-corrected chi connectivity index (χ2v) is 5.64. The number of anilines is 1. The Morgan fingerprint density at radius 3 is 2.38 bits per heavy atom. The summed E-state index contributed by atoms with van der Waals surface area (Å²) in [6, 6.07) is 5.93. The second kappa shape index (κ2) is 8.59. The molecule has 21 heavy (non-hydrogen) atoms. The molecule has 6 heteroatoms. The van der Waals surface area contributed by atoms with Crippen LogP contribution in [0.15, 0.2) is 18.2 Å². The van der Waals surface area contributed by atoms with Gasteiger partial charge in [0.15, 0.2) is 5.11 Å². The van der Waals surface area contributed by atoms with Gasteiger partial charge in [-0.2, -0.15) is 0 Å². The Kier molecular flexibility index (Phi) is 7.11. The van der Waals surface area contributed by atoms with Crippen LogP contribution in [0.5, 0.6) is 0 Å². The number of para-hydroxylation sites is 1. The van der Waals surface area contributed by atoms with Crippen LogP contribution in [-0.4, -0.2) is 49.6 Å². The number of thiocarbonyl (C=S) groups is 1. The predicted molar refractivity (Wildman–Crippen MR) is 91.7 cm³/mol. The molecule has 1 aromatic rings. The summed E-state index contributed by atoms with van der Waals surface area (Å²) in [5.74, 6) is -0.107. The maximum atomic E-state index is 11.9. The molecule has 0 unspecified atom stereocenters. The zero-order valence-corrected chi connectivity index (χ0v) is 13.9. The zero-order chi connectivity index (χ0) is 15.8. The van der Waals surface area contributed by atoms with Crippen molar-refractivity contribution < 1.29 is 4.79 Å². The topological polar surface area (TPSA) is 56.4 Å². The van der Waals surface area contributed by atoms with Crippen LogP contribution in [-0.2, 0) is 4.79 Å². The van der Waals surface area contributed by atoms with Gasteiger partial charge in [-0.3, -0.25) is 4.79 Å². The van der Waals surface area contributed by atoms with E-state index in [1.807, 2.05) is 46.1 Å². The van der Waals surface area contributed by atoms with Crippen molar-refractivity contribution in [2.75, 3.05) is 39.0 Å². The average molecular weight is 308 g/mol. The van der Waals surface area contributed by atoms with E-state index in [2.05, 4.69) is 20.9 Å². The molecule has 0 fully saturated rings. The van der Waals surface area contributed by atoms with E-state index in [0.29, 0.717) is 5.11 Å². The molecule has 0 aromatic heterocycles. The van der Waals surface area contributed by atoms with E-state index in [-0.39, 0.29) is 12.5 Å². The Morgan fingerprint density at radius 2 is 1.81 bits per heavy atom. The summed E-state index contributed by atoms with van der Waals surface area (Å²) in [7, 11) is 3.99. The summed E-state index contributed by atoms with van der Waals surface area (Å²) in [6.07, 6.45) is 0. The first-order valence-electron chi connectivity index (χ1n) is 6.92. The molecule has 0 saturated heterocycles. The third-order valence-corrected chi connectivity index (χ3v) is 3.29. The summed E-state index contributed by atoms with van der Waals surface area (Å²) in [4.78, 5) is 14.0. The van der Waals surface area contributed by atoms with Gasteiger partial charge >= 0.3 is 0 Å². The second-order valence-electron chi connectivity index (χ2n) is 5.23. The van der Waals surface area contributed by atoms with Crippen molar-refractivity contribution in [3.8, 4) is 0 Å². The van der Waals surface area contributed by atoms with Crippen LogP contribution < -0.4 is 16.0 Å². The Hall–Kier alpha value is -1.66. The number of likely N-dealkylation sites (N-methyl/N-ethyl adjacent to an activating group) is 1. The van der Waals surface area contributed by atoms with Crippen molar-refractivity contribution in [1.29, 1.82) is 0 Å². The third kappa shape index (κ3) is 6.55. The minimum atomic E-state index is -0.107. The molecule has 0 spiro atoms. The molecule has 1 amide bonds. The van der Waals surface area contributed by atoms with E-state index in [0.717, 1.165) is 29.9 Å². The van der Waals surface area contributed by atoms with E-state index in [4.69, 9.17) is 12.2 Å². The van der Waals surface area contributed by atoms with Crippen LogP contribution in [0, 0.1) is 13.8 Å². The highest BCUT2D eigenvalue weighted by Crippen LogP contribution is 2.18. The van der Waals surface area contributed by atoms with Gasteiger partial charge in [0.2, 0.25) is 5.91 Å². The standard InChI is InChI=1S/C15H24N4OS/c1-11-6-5-7-12(2)14(11)18-13(20)10-17-15(21)16-8-9-19(3)4/h5-7H,8-10H2,1-4H3,(H,18,20)(H2,16,17,21). The number of hydrogen-bond donors (Lipinski definition) is 3. The quantitative estimate of drug-likeness (QED) is 0.691. The predicted octanol–water partition coefficient (Wildman–Crippen LogP) is 1.27. The molecule has 1 aromatic carbocycles. The van der Waals surface area contributed by atoms with Crippen LogP contribution in [0.3, 0.4) is 0 Å². The SMILES string of the molecule is Cc1cccc(C)c1NC(=O)CNC(=S)NCCN(C)C. The van der Waals surface area contributed by atoms with Gasteiger partial charge in [0.1, 0.15) is 0 Å². The van der Waals surface area contributed by atoms with Crippen molar-refractivity contribution in [2.45, 2.75) is 13.8 Å². The first-order chi connectivity index (χ1) is 9.90. The Labute approximate surface area is 132 Å². The van der Waals surface area contributed by atoms with E-state index < -0.39 is 0 Å². The van der Waals surface area contributed by atoms with E-state index >= 15 is 0 Å². The van der Waals surface area contributed by atoms with Gasteiger partial charge in [-0.15, -0.1) is 0 Å². The third-order valence-electron chi connectivity index (χ3n) is 3.00. The molecular weight excluding hydrogens is 284 g/mol. The highest BCUT2D eigenvalue weighted by Gasteiger charge is 2.07. The lowest BCUT2D eigenvalue weighted by Crippen LogP contribution is -2.42. The number of amides is 1. The summed E-state index contributed by atoms with van der Waals surface area (Å²) in [5, 5.41) is 9.36. The number of nitrogens with zero attached hydrogens (tertiary/aromatic N) is 1. The van der Waals surface area contributed by atoms with Crippen LogP contribution in [0.1, 0.15) is 11.1 Å². The molecule has 0 radical (unpaired) electrons. The highest BCUT2D eigenvalue weighted by molar-refractivity contribution is 7.80. The normalized spacial score (nSPS) is 10.3. The minimum absolute atomic E-state index is 0.107. The maximum Gasteiger partial charge on any atom is 0.243 e. The molecule has 0 bridgehead atoms. The fourth-order valence-electron chi connectivity index (χ4n) is 1.81. The fourth-order valence-corrected chi connectivity index (χ4v) is 1.99. The largest absolute Gasteiger partial charge is 0.361 e. The van der Waals surface area contributed by atoms with Crippen LogP contribution in [0.2, 0.25) is 0 Å². The number of aryl methyl sites for hydroxylation is 2. The van der Waals surface area contributed by atoms with Gasteiger partial charge in [-0.1, -0.05) is 18.2 Å². The van der Waals surface area contributed by atoms with Crippen LogP contribution in [0.4, 0.5) is 5.69 Å². The summed E-state index contributed by atoms with van der Waals surface area (Å²) in [5.41, 5.74) is 2.97. The molecule has 0 heterocycles. The lowest BCUT2D eigenvalue weighted by molar-refractivity contribution is -0.115. The number of rotatable bonds is 6. The van der Waals surface area contributed by atoms with Crippen molar-refractivity contribution in [3.63, 3.8) is 0 Å². The van der Waals surface area contributed by atoms with Crippen molar-refractivity contribution in [1.82, 2.24) is 15.5 Å². The number of carbonyl (C=O) groups is 1. The summed E-state index contributed by atoms with van der Waals surface area (Å²) in [6.45, 7) is 5.74. The van der Waals surface area contributed by atoms with Gasteiger partial charge in [-0.05, 0) is 51.3 Å². The minimum Gasteiger partial charge on any atom is -0.361 e. The molecule has 0 saturated carbocycles. The van der Waals surface area contributed by atoms with Gasteiger partial charge in [0.25, 0.3) is 0 Å². The summed E-state index contributed by atoms with van der Waals surface area (Å²) >= 11 is 5.12. The molecule has 1 rings (SSSR count).